The van der Waals surface area contributed by atoms with Gasteiger partial charge >= 0.3 is 5.97 Å². The van der Waals surface area contributed by atoms with Crippen LogP contribution in [0.3, 0.4) is 0 Å². The van der Waals surface area contributed by atoms with E-state index < -0.39 is 16.0 Å². The standard InChI is InChI=1S/C14H19NO5S/c1-3-13(16)11-6-5-7-12(10-11)21(18,19)15-9-8-14(17)20-4-2/h5-7,10,15H,3-4,8-9H2,1-2H3. The van der Waals surface area contributed by atoms with Crippen LogP contribution in [0.2, 0.25) is 0 Å². The molecule has 7 heteroatoms. The highest BCUT2D eigenvalue weighted by atomic mass is 32.2. The Hall–Kier alpha value is -1.73. The van der Waals surface area contributed by atoms with Crippen LogP contribution in [-0.2, 0) is 19.6 Å². The molecule has 21 heavy (non-hydrogen) atoms. The molecular formula is C14H19NO5S. The minimum Gasteiger partial charge on any atom is -0.466 e. The molecule has 0 aliphatic heterocycles. The molecule has 0 spiro atoms. The third-order valence-corrected chi connectivity index (χ3v) is 4.17. The number of ketones is 1. The van der Waals surface area contributed by atoms with Gasteiger partial charge in [-0.25, -0.2) is 13.1 Å². The van der Waals surface area contributed by atoms with Gasteiger partial charge in [0.1, 0.15) is 0 Å². The zero-order valence-electron chi connectivity index (χ0n) is 12.1. The van der Waals surface area contributed by atoms with Crippen molar-refractivity contribution in [2.45, 2.75) is 31.6 Å². The minimum atomic E-state index is -3.75. The van der Waals surface area contributed by atoms with Gasteiger partial charge in [0.25, 0.3) is 0 Å². The molecule has 0 aliphatic rings. The highest BCUT2D eigenvalue weighted by Crippen LogP contribution is 2.13. The topological polar surface area (TPSA) is 89.5 Å². The molecule has 1 N–H and O–H groups in total. The maximum atomic E-state index is 12.1. The van der Waals surface area contributed by atoms with Gasteiger partial charge in [-0.1, -0.05) is 19.1 Å². The summed E-state index contributed by atoms with van der Waals surface area (Å²) in [4.78, 5) is 22.7. The van der Waals surface area contributed by atoms with E-state index in [1.54, 1.807) is 19.9 Å². The van der Waals surface area contributed by atoms with E-state index in [9.17, 15) is 18.0 Å². The zero-order valence-corrected chi connectivity index (χ0v) is 12.9. The first kappa shape index (κ1) is 17.3. The predicted octanol–water partition coefficient (Wildman–Crippen LogP) is 1.51. The normalized spacial score (nSPS) is 11.1. The van der Waals surface area contributed by atoms with Crippen molar-refractivity contribution in [2.75, 3.05) is 13.2 Å². The molecule has 1 rings (SSSR count). The number of hydrogen-bond donors (Lipinski definition) is 1. The number of nitrogens with one attached hydrogen (secondary N) is 1. The Kier molecular flexibility index (Phi) is 6.51. The average Bonchev–Trinajstić information content (AvgIpc) is 2.46. The molecule has 0 aliphatic carbocycles. The van der Waals surface area contributed by atoms with Gasteiger partial charge in [0.15, 0.2) is 5.78 Å². The fourth-order valence-electron chi connectivity index (χ4n) is 1.64. The maximum Gasteiger partial charge on any atom is 0.307 e. The van der Waals surface area contributed by atoms with E-state index in [2.05, 4.69) is 4.72 Å². The van der Waals surface area contributed by atoms with E-state index in [0.717, 1.165) is 0 Å². The van der Waals surface area contributed by atoms with E-state index in [1.807, 2.05) is 0 Å². The number of rotatable bonds is 8. The first-order chi connectivity index (χ1) is 9.90. The number of carbonyl (C=O) groups excluding carboxylic acids is 2. The van der Waals surface area contributed by atoms with Gasteiger partial charge in [-0.3, -0.25) is 9.59 Å². The molecule has 0 atom stereocenters. The summed E-state index contributed by atoms with van der Waals surface area (Å²) >= 11 is 0. The molecule has 6 nitrogen and oxygen atoms in total. The van der Waals surface area contributed by atoms with Crippen molar-refractivity contribution in [3.05, 3.63) is 29.8 Å². The Morgan fingerprint density at radius 1 is 1.24 bits per heavy atom. The number of ether oxygens (including phenoxy) is 1. The summed E-state index contributed by atoms with van der Waals surface area (Å²) in [6, 6.07) is 5.82. The van der Waals surface area contributed by atoms with Crippen molar-refractivity contribution in [3.8, 4) is 0 Å². The quantitative estimate of drug-likeness (QED) is 0.580. The number of Topliss-reactive ketones (excluding diaryl/α,β-unsaturated/α-hetero) is 1. The van der Waals surface area contributed by atoms with Gasteiger partial charge in [0.05, 0.1) is 17.9 Å². The third kappa shape index (κ3) is 5.28. The highest BCUT2D eigenvalue weighted by molar-refractivity contribution is 7.89. The van der Waals surface area contributed by atoms with Crippen molar-refractivity contribution >= 4 is 21.8 Å². The summed E-state index contributed by atoms with van der Waals surface area (Å²) in [5.41, 5.74) is 0.353. The lowest BCUT2D eigenvalue weighted by molar-refractivity contribution is -0.142. The van der Waals surface area contributed by atoms with Gasteiger partial charge in [-0.2, -0.15) is 0 Å². The molecule has 0 heterocycles. The van der Waals surface area contributed by atoms with Gasteiger partial charge in [-0.15, -0.1) is 0 Å². The van der Waals surface area contributed by atoms with Crippen LogP contribution in [0, 0.1) is 0 Å². The molecule has 1 aromatic carbocycles. The van der Waals surface area contributed by atoms with Crippen LogP contribution in [0.15, 0.2) is 29.2 Å². The first-order valence-corrected chi connectivity index (χ1v) is 8.17. The van der Waals surface area contributed by atoms with Gasteiger partial charge < -0.3 is 4.74 Å². The van der Waals surface area contributed by atoms with Crippen molar-refractivity contribution in [3.63, 3.8) is 0 Å². The molecule has 0 saturated heterocycles. The molecule has 116 valence electrons. The van der Waals surface area contributed by atoms with Crippen molar-refractivity contribution in [2.24, 2.45) is 0 Å². The summed E-state index contributed by atoms with van der Waals surface area (Å²) < 4.78 is 31.1. The lowest BCUT2D eigenvalue weighted by Crippen LogP contribution is -2.27. The number of carbonyl (C=O) groups is 2. The number of benzene rings is 1. The molecule has 0 saturated carbocycles. The van der Waals surface area contributed by atoms with Crippen LogP contribution < -0.4 is 4.72 Å². The average molecular weight is 313 g/mol. The number of sulfonamides is 1. The van der Waals surface area contributed by atoms with Crippen molar-refractivity contribution in [1.82, 2.24) is 4.72 Å². The van der Waals surface area contributed by atoms with Crippen LogP contribution in [0.5, 0.6) is 0 Å². The van der Waals surface area contributed by atoms with Crippen LogP contribution in [0.1, 0.15) is 37.0 Å². The fourth-order valence-corrected chi connectivity index (χ4v) is 2.72. The molecule has 1 aromatic rings. The second kappa shape index (κ2) is 7.90. The summed E-state index contributed by atoms with van der Waals surface area (Å²) in [5, 5.41) is 0. The van der Waals surface area contributed by atoms with E-state index in [1.165, 1.54) is 18.2 Å². The molecule has 0 fully saturated rings. The Morgan fingerprint density at radius 2 is 1.95 bits per heavy atom. The third-order valence-electron chi connectivity index (χ3n) is 2.71. The summed E-state index contributed by atoms with van der Waals surface area (Å²) in [6.45, 7) is 3.60. The van der Waals surface area contributed by atoms with E-state index >= 15 is 0 Å². The molecular weight excluding hydrogens is 294 g/mol. The lowest BCUT2D eigenvalue weighted by atomic mass is 10.1. The predicted molar refractivity (Wildman–Crippen MR) is 77.5 cm³/mol. The van der Waals surface area contributed by atoms with Gasteiger partial charge in [0.2, 0.25) is 10.0 Å². The van der Waals surface area contributed by atoms with Crippen molar-refractivity contribution in [1.29, 1.82) is 0 Å². The fraction of sp³-hybridized carbons (Fsp3) is 0.429. The molecule has 0 bridgehead atoms. The highest BCUT2D eigenvalue weighted by Gasteiger charge is 2.16. The van der Waals surface area contributed by atoms with Crippen LogP contribution in [0.25, 0.3) is 0 Å². The van der Waals surface area contributed by atoms with E-state index in [-0.39, 0.29) is 30.3 Å². The first-order valence-electron chi connectivity index (χ1n) is 6.69. The molecule has 0 unspecified atom stereocenters. The zero-order chi connectivity index (χ0) is 15.9. The number of hydrogen-bond acceptors (Lipinski definition) is 5. The van der Waals surface area contributed by atoms with Crippen molar-refractivity contribution < 1.29 is 22.7 Å². The Labute approximate surface area is 124 Å². The Balaban J connectivity index is 2.74. The molecule has 0 amide bonds. The lowest BCUT2D eigenvalue weighted by Gasteiger charge is -2.07. The van der Waals surface area contributed by atoms with Gasteiger partial charge in [0, 0.05) is 18.5 Å². The largest absolute Gasteiger partial charge is 0.466 e. The molecule has 0 radical (unpaired) electrons. The van der Waals surface area contributed by atoms with Crippen LogP contribution in [-0.4, -0.2) is 33.3 Å². The number of esters is 1. The van der Waals surface area contributed by atoms with E-state index in [0.29, 0.717) is 12.0 Å². The smallest absolute Gasteiger partial charge is 0.307 e. The maximum absolute atomic E-state index is 12.1. The summed E-state index contributed by atoms with van der Waals surface area (Å²) in [6.07, 6.45) is 0.264. The summed E-state index contributed by atoms with van der Waals surface area (Å²) in [7, 11) is -3.75. The Bertz CT molecular complexity index is 610. The second-order valence-electron chi connectivity index (χ2n) is 4.26. The Morgan fingerprint density at radius 3 is 2.57 bits per heavy atom. The summed E-state index contributed by atoms with van der Waals surface area (Å²) in [5.74, 6) is -0.589. The second-order valence-corrected chi connectivity index (χ2v) is 6.02. The van der Waals surface area contributed by atoms with Crippen LogP contribution >= 0.6 is 0 Å². The van der Waals surface area contributed by atoms with Gasteiger partial charge in [-0.05, 0) is 19.1 Å². The molecule has 0 aromatic heterocycles. The van der Waals surface area contributed by atoms with E-state index in [4.69, 9.17) is 4.74 Å². The monoisotopic (exact) mass is 313 g/mol. The SMILES string of the molecule is CCOC(=O)CCNS(=O)(=O)c1cccc(C(=O)CC)c1. The minimum absolute atomic E-state index is 0.00524. The van der Waals surface area contributed by atoms with Crippen LogP contribution in [0.4, 0.5) is 0 Å².